The molecule has 0 saturated heterocycles. The molecule has 0 aliphatic carbocycles. The van der Waals surface area contributed by atoms with Gasteiger partial charge in [0.25, 0.3) is 0 Å². The molecule has 3 rings (SSSR count). The molecule has 0 saturated carbocycles. The Labute approximate surface area is 144 Å². The fourth-order valence-electron chi connectivity index (χ4n) is 3.07. The monoisotopic (exact) mass is 330 g/mol. The summed E-state index contributed by atoms with van der Waals surface area (Å²) in [6.45, 7) is 4.94. The molecule has 1 heterocycles. The largest absolute Gasteiger partial charge is 0.294 e. The van der Waals surface area contributed by atoms with Crippen LogP contribution in [0.3, 0.4) is 0 Å². The lowest BCUT2D eigenvalue weighted by Gasteiger charge is -2.07. The van der Waals surface area contributed by atoms with Gasteiger partial charge in [-0.3, -0.25) is 13.6 Å². The third-order valence-corrected chi connectivity index (χ3v) is 4.29. The summed E-state index contributed by atoms with van der Waals surface area (Å²) in [5.74, 6) is 0.208. The minimum absolute atomic E-state index is 0.208. The Morgan fingerprint density at radius 2 is 1.79 bits per heavy atom. The fourth-order valence-corrected chi connectivity index (χ4v) is 3.07. The van der Waals surface area contributed by atoms with Crippen molar-refractivity contribution in [2.75, 3.05) is 14.4 Å². The van der Waals surface area contributed by atoms with Crippen molar-refractivity contribution in [1.29, 1.82) is 0 Å². The molecule has 128 valence electrons. The second-order valence-electron chi connectivity index (χ2n) is 5.94. The normalized spacial score (nSPS) is 11.7. The minimum Gasteiger partial charge on any atom is -0.294 e. The van der Waals surface area contributed by atoms with Crippen LogP contribution in [0.25, 0.3) is 0 Å². The van der Waals surface area contributed by atoms with E-state index in [9.17, 15) is 13.6 Å². The molecule has 0 aromatic heterocycles. The molecule has 24 heavy (non-hydrogen) atoms. The van der Waals surface area contributed by atoms with Crippen LogP contribution in [0.1, 0.15) is 27.0 Å². The maximum Gasteiger partial charge on any atom is 0.173 e. The van der Waals surface area contributed by atoms with Crippen molar-refractivity contribution in [3.63, 3.8) is 0 Å². The first kappa shape index (κ1) is 20.1. The number of hydrogen-bond acceptors (Lipinski definition) is 1. The van der Waals surface area contributed by atoms with E-state index in [1.54, 1.807) is 0 Å². The van der Waals surface area contributed by atoms with Crippen molar-refractivity contribution in [3.8, 4) is 0 Å². The lowest BCUT2D eigenvalue weighted by molar-refractivity contribution is 0.0993. The fraction of sp³-hybridized carbons (Fsp3) is 0.350. The van der Waals surface area contributed by atoms with E-state index in [1.807, 2.05) is 31.2 Å². The molecule has 1 nitrogen and oxygen atoms in total. The molecular formula is C20H25BF2O. The molecule has 4 heteroatoms. The highest BCUT2D eigenvalue weighted by molar-refractivity contribution is 6.73. The summed E-state index contributed by atoms with van der Waals surface area (Å²) >= 11 is 0. The van der Waals surface area contributed by atoms with E-state index in [-0.39, 0.29) is 5.78 Å². The third kappa shape index (κ3) is 5.02. The van der Waals surface area contributed by atoms with Gasteiger partial charge in [0.1, 0.15) is 0 Å². The first-order valence-corrected chi connectivity index (χ1v) is 8.10. The molecule has 1 aliphatic rings. The van der Waals surface area contributed by atoms with Gasteiger partial charge in [0.05, 0.1) is 14.4 Å². The van der Waals surface area contributed by atoms with Gasteiger partial charge >= 0.3 is 0 Å². The Morgan fingerprint density at radius 3 is 2.46 bits per heavy atom. The quantitative estimate of drug-likeness (QED) is 0.599. The van der Waals surface area contributed by atoms with Gasteiger partial charge in [0.2, 0.25) is 0 Å². The molecule has 0 amide bonds. The number of rotatable bonds is 3. The lowest BCUT2D eigenvalue weighted by Crippen LogP contribution is -2.23. The Morgan fingerprint density at radius 1 is 1.08 bits per heavy atom. The van der Waals surface area contributed by atoms with E-state index in [1.165, 1.54) is 23.8 Å². The van der Waals surface area contributed by atoms with Crippen LogP contribution in [0.5, 0.6) is 0 Å². The van der Waals surface area contributed by atoms with E-state index in [0.29, 0.717) is 27.5 Å². The number of hydrogen-bond donors (Lipinski definition) is 0. The van der Waals surface area contributed by atoms with Crippen LogP contribution in [0.2, 0.25) is 13.1 Å². The van der Waals surface area contributed by atoms with E-state index in [4.69, 9.17) is 0 Å². The molecule has 0 fully saturated rings. The highest BCUT2D eigenvalue weighted by atomic mass is 19.1. The van der Waals surface area contributed by atoms with Gasteiger partial charge < -0.3 is 0 Å². The van der Waals surface area contributed by atoms with Crippen LogP contribution in [-0.4, -0.2) is 26.9 Å². The van der Waals surface area contributed by atoms with Crippen molar-refractivity contribution >= 4 is 18.0 Å². The maximum absolute atomic E-state index is 12.3. The Hall–Kier alpha value is -1.97. The summed E-state index contributed by atoms with van der Waals surface area (Å²) in [5.41, 5.74) is 6.00. The molecule has 1 aliphatic heterocycles. The number of ketones is 1. The zero-order chi connectivity index (χ0) is 18.1. The Balaban J connectivity index is 0.000000671. The summed E-state index contributed by atoms with van der Waals surface area (Å²) in [6.07, 6.45) is 2.93. The molecule has 0 spiro atoms. The third-order valence-electron chi connectivity index (χ3n) is 4.29. The molecule has 2 aromatic rings. The number of fused-ring (bicyclic) bond motifs is 1. The second-order valence-corrected chi connectivity index (χ2v) is 5.94. The number of aryl methyl sites for hydroxylation is 2. The predicted molar refractivity (Wildman–Crippen MR) is 99.5 cm³/mol. The average molecular weight is 330 g/mol. The van der Waals surface area contributed by atoms with E-state index in [0.717, 1.165) is 16.7 Å². The standard InChI is InChI=1S/C18H19BO.2CH3F/c1-13-4-3-5-16(10-13)18(20)12-14-6-7-15-8-9-19(2)17(15)11-14;2*1-2/h3-7,10-11H,8-9,12H2,1-2H3;2*1H3. The number of halogens is 2. The van der Waals surface area contributed by atoms with Gasteiger partial charge in [0.15, 0.2) is 12.5 Å². The summed E-state index contributed by atoms with van der Waals surface area (Å²) in [6, 6.07) is 14.4. The van der Waals surface area contributed by atoms with Crippen molar-refractivity contribution in [3.05, 3.63) is 64.7 Å². The lowest BCUT2D eigenvalue weighted by atomic mass is 9.48. The zero-order valence-corrected chi connectivity index (χ0v) is 14.9. The summed E-state index contributed by atoms with van der Waals surface area (Å²) in [7, 11) is 1.00. The smallest absolute Gasteiger partial charge is 0.173 e. The predicted octanol–water partition coefficient (Wildman–Crippen LogP) is 4.48. The highest BCUT2D eigenvalue weighted by Gasteiger charge is 2.21. The van der Waals surface area contributed by atoms with Gasteiger partial charge in [0, 0.05) is 12.0 Å². The highest BCUT2D eigenvalue weighted by Crippen LogP contribution is 2.17. The van der Waals surface area contributed by atoms with Crippen LogP contribution in [-0.2, 0) is 12.8 Å². The van der Waals surface area contributed by atoms with Crippen LogP contribution in [0.15, 0.2) is 42.5 Å². The number of carbonyl (C=O) groups is 1. The van der Waals surface area contributed by atoms with Gasteiger partial charge in [-0.25, -0.2) is 0 Å². The maximum atomic E-state index is 12.3. The number of carbonyl (C=O) groups excluding carboxylic acids is 1. The van der Waals surface area contributed by atoms with Crippen molar-refractivity contribution < 1.29 is 13.6 Å². The van der Waals surface area contributed by atoms with Crippen LogP contribution in [0, 0.1) is 6.92 Å². The topological polar surface area (TPSA) is 17.1 Å². The van der Waals surface area contributed by atoms with Gasteiger partial charge in [-0.2, -0.15) is 0 Å². The molecule has 0 radical (unpaired) electrons. The van der Waals surface area contributed by atoms with Crippen molar-refractivity contribution in [1.82, 2.24) is 0 Å². The summed E-state index contributed by atoms with van der Waals surface area (Å²) in [4.78, 5) is 12.3. The molecule has 0 bridgehead atoms. The van der Waals surface area contributed by atoms with Crippen LogP contribution < -0.4 is 5.46 Å². The first-order chi connectivity index (χ1) is 11.6. The molecule has 0 N–H and O–H groups in total. The SMILES string of the molecule is CB1CCc2ccc(CC(=O)c3cccc(C)c3)cc21.CF.CF. The average Bonchev–Trinajstić information content (AvgIpc) is 2.99. The second kappa shape index (κ2) is 10.0. The van der Waals surface area contributed by atoms with Crippen molar-refractivity contribution in [2.45, 2.75) is 32.9 Å². The van der Waals surface area contributed by atoms with Gasteiger partial charge in [-0.1, -0.05) is 66.1 Å². The molecule has 0 atom stereocenters. The summed E-state index contributed by atoms with van der Waals surface area (Å²) < 4.78 is 19.0. The zero-order valence-electron chi connectivity index (χ0n) is 14.9. The minimum atomic E-state index is 0.208. The number of Topliss-reactive ketones (excluding diaryl/α,β-unsaturated/α-hetero) is 1. The van der Waals surface area contributed by atoms with Crippen molar-refractivity contribution in [2.24, 2.45) is 0 Å². The molecule has 2 aromatic carbocycles. The molecule has 0 unspecified atom stereocenters. The van der Waals surface area contributed by atoms with Gasteiger partial charge in [-0.05, 0) is 25.0 Å². The van der Waals surface area contributed by atoms with E-state index >= 15 is 0 Å². The Bertz CT molecular complexity index is 670. The number of benzene rings is 2. The van der Waals surface area contributed by atoms with E-state index in [2.05, 4.69) is 25.0 Å². The Kier molecular flexibility index (Phi) is 8.38. The van der Waals surface area contributed by atoms with Crippen LogP contribution in [0.4, 0.5) is 8.78 Å². The number of alkyl halides is 2. The summed E-state index contributed by atoms with van der Waals surface area (Å²) in [5, 5.41) is 0. The molecular weight excluding hydrogens is 305 g/mol. The van der Waals surface area contributed by atoms with Crippen LogP contribution >= 0.6 is 0 Å². The van der Waals surface area contributed by atoms with E-state index < -0.39 is 0 Å². The first-order valence-electron chi connectivity index (χ1n) is 8.10. The van der Waals surface area contributed by atoms with Gasteiger partial charge in [-0.15, -0.1) is 0 Å².